The Hall–Kier alpha value is -4.30. The van der Waals surface area contributed by atoms with E-state index in [9.17, 15) is 14.3 Å². The van der Waals surface area contributed by atoms with Gasteiger partial charge in [0.2, 0.25) is 0 Å². The van der Waals surface area contributed by atoms with Crippen molar-refractivity contribution in [2.45, 2.75) is 25.6 Å². The van der Waals surface area contributed by atoms with Gasteiger partial charge in [0.05, 0.1) is 52.1 Å². The van der Waals surface area contributed by atoms with Crippen molar-refractivity contribution in [2.75, 3.05) is 11.9 Å². The Balaban J connectivity index is 1.70. The van der Waals surface area contributed by atoms with Gasteiger partial charge in [-0.3, -0.25) is 14.5 Å². The number of nitrogens with zero attached hydrogens (tertiary/aromatic N) is 6. The summed E-state index contributed by atoms with van der Waals surface area (Å²) in [7, 11) is 1.77. The molecule has 0 radical (unpaired) electrons. The van der Waals surface area contributed by atoms with Gasteiger partial charge in [0.15, 0.2) is 5.82 Å². The standard InChI is InChI=1S/C23H23FN8O2/c1-23(2,34)20(24)13-27-22(33)16-12-26-18(9-17(16)29-21-6-7-31(3)30-21)19-5-4-15-8-14(10-25)11-28-32(15)19/h4-9,11-12,20,34H,13H2,1-3H3,(H,27,33)(H,26,29,30). The van der Waals surface area contributed by atoms with Crippen molar-refractivity contribution in [3.63, 3.8) is 0 Å². The number of amides is 1. The molecule has 0 aliphatic rings. The fraction of sp³-hybridized carbons (Fsp3) is 0.261. The molecule has 0 aromatic carbocycles. The van der Waals surface area contributed by atoms with Crippen LogP contribution in [-0.4, -0.2) is 53.7 Å². The van der Waals surface area contributed by atoms with E-state index in [-0.39, 0.29) is 12.1 Å². The first-order chi connectivity index (χ1) is 16.2. The average molecular weight is 462 g/mol. The molecule has 174 valence electrons. The predicted molar refractivity (Wildman–Crippen MR) is 123 cm³/mol. The number of aryl methyl sites for hydroxylation is 1. The van der Waals surface area contributed by atoms with E-state index in [0.717, 1.165) is 5.52 Å². The highest BCUT2D eigenvalue weighted by molar-refractivity contribution is 6.00. The number of hydrogen-bond donors (Lipinski definition) is 3. The molecule has 0 fully saturated rings. The van der Waals surface area contributed by atoms with E-state index in [1.165, 1.54) is 26.2 Å². The summed E-state index contributed by atoms with van der Waals surface area (Å²) in [4.78, 5) is 17.3. The van der Waals surface area contributed by atoms with Gasteiger partial charge >= 0.3 is 0 Å². The third-order valence-electron chi connectivity index (χ3n) is 5.23. The van der Waals surface area contributed by atoms with E-state index in [2.05, 4.69) is 31.9 Å². The van der Waals surface area contributed by atoms with Crippen LogP contribution in [0.1, 0.15) is 29.8 Å². The number of aromatic nitrogens is 5. The Morgan fingerprint density at radius 3 is 2.76 bits per heavy atom. The van der Waals surface area contributed by atoms with Gasteiger partial charge in [-0.05, 0) is 38.1 Å². The van der Waals surface area contributed by atoms with E-state index < -0.39 is 17.7 Å². The van der Waals surface area contributed by atoms with Crippen LogP contribution in [0.5, 0.6) is 0 Å². The molecule has 1 amide bonds. The van der Waals surface area contributed by atoms with E-state index in [4.69, 9.17) is 5.26 Å². The Morgan fingerprint density at radius 2 is 2.09 bits per heavy atom. The number of fused-ring (bicyclic) bond motifs is 1. The van der Waals surface area contributed by atoms with E-state index in [1.54, 1.807) is 40.6 Å². The van der Waals surface area contributed by atoms with Gasteiger partial charge in [-0.1, -0.05) is 0 Å². The molecule has 0 bridgehead atoms. The van der Waals surface area contributed by atoms with Crippen LogP contribution in [0, 0.1) is 11.3 Å². The summed E-state index contributed by atoms with van der Waals surface area (Å²) in [5.41, 5.74) is 1.33. The quantitative estimate of drug-likeness (QED) is 0.384. The average Bonchev–Trinajstić information content (AvgIpc) is 3.41. The zero-order valence-corrected chi connectivity index (χ0v) is 18.8. The Kier molecular flexibility index (Phi) is 6.00. The number of rotatable bonds is 7. The highest BCUT2D eigenvalue weighted by atomic mass is 19.1. The van der Waals surface area contributed by atoms with Crippen molar-refractivity contribution in [2.24, 2.45) is 7.05 Å². The molecule has 10 nitrogen and oxygen atoms in total. The molecular formula is C23H23FN8O2. The maximum absolute atomic E-state index is 14.1. The number of carbonyl (C=O) groups is 1. The molecule has 4 aromatic heterocycles. The number of alkyl halides is 1. The van der Waals surface area contributed by atoms with E-state index in [1.807, 2.05) is 12.1 Å². The maximum atomic E-state index is 14.1. The molecule has 4 heterocycles. The number of aliphatic hydroxyl groups is 1. The van der Waals surface area contributed by atoms with E-state index >= 15 is 0 Å². The van der Waals surface area contributed by atoms with Crippen LogP contribution >= 0.6 is 0 Å². The summed E-state index contributed by atoms with van der Waals surface area (Å²) in [5.74, 6) is -0.0495. The molecule has 0 spiro atoms. The second kappa shape index (κ2) is 8.92. The second-order valence-corrected chi connectivity index (χ2v) is 8.36. The van der Waals surface area contributed by atoms with E-state index in [0.29, 0.717) is 28.5 Å². The number of anilines is 2. The van der Waals surface area contributed by atoms with Gasteiger partial charge in [-0.25, -0.2) is 8.91 Å². The Morgan fingerprint density at radius 1 is 1.29 bits per heavy atom. The minimum absolute atomic E-state index is 0.179. The van der Waals surface area contributed by atoms with Crippen molar-refractivity contribution in [3.05, 3.63) is 60.0 Å². The lowest BCUT2D eigenvalue weighted by atomic mass is 10.0. The lowest BCUT2D eigenvalue weighted by molar-refractivity contribution is -0.00177. The maximum Gasteiger partial charge on any atom is 0.255 e. The number of hydrogen-bond acceptors (Lipinski definition) is 7. The predicted octanol–water partition coefficient (Wildman–Crippen LogP) is 2.58. The van der Waals surface area contributed by atoms with Crippen molar-refractivity contribution < 1.29 is 14.3 Å². The number of pyridine rings is 1. The third kappa shape index (κ3) is 4.72. The number of carbonyl (C=O) groups excluding carboxylic acids is 1. The first-order valence-corrected chi connectivity index (χ1v) is 10.5. The van der Waals surface area contributed by atoms with Crippen molar-refractivity contribution >= 4 is 22.9 Å². The molecule has 0 aliphatic heterocycles. The number of nitrogens with one attached hydrogen (secondary N) is 2. The van der Waals surface area contributed by atoms with Gasteiger partial charge in [-0.2, -0.15) is 15.5 Å². The van der Waals surface area contributed by atoms with Crippen molar-refractivity contribution in [1.82, 2.24) is 29.7 Å². The summed E-state index contributed by atoms with van der Waals surface area (Å²) in [6.45, 7) is 2.31. The molecule has 11 heteroatoms. The monoisotopic (exact) mass is 462 g/mol. The minimum Gasteiger partial charge on any atom is -0.387 e. The lowest BCUT2D eigenvalue weighted by Crippen LogP contribution is -2.42. The molecule has 1 unspecified atom stereocenters. The number of halogens is 1. The summed E-state index contributed by atoms with van der Waals surface area (Å²) in [6.07, 6.45) is 2.95. The normalized spacial score (nSPS) is 12.4. The molecule has 4 aromatic rings. The SMILES string of the molecule is Cn1ccc(Nc2cc(-c3ccc4cc(C#N)cnn34)ncc2C(=O)NCC(F)C(C)(C)O)n1. The van der Waals surface area contributed by atoms with Crippen LogP contribution in [0.2, 0.25) is 0 Å². The Labute approximate surface area is 194 Å². The fourth-order valence-corrected chi connectivity index (χ4v) is 3.28. The second-order valence-electron chi connectivity index (χ2n) is 8.36. The molecule has 1 atom stereocenters. The van der Waals surface area contributed by atoms with Gasteiger partial charge in [-0.15, -0.1) is 0 Å². The summed E-state index contributed by atoms with van der Waals surface area (Å²) >= 11 is 0. The van der Waals surface area contributed by atoms with Crippen LogP contribution in [0.3, 0.4) is 0 Å². The van der Waals surface area contributed by atoms with Gasteiger partial charge in [0.25, 0.3) is 5.91 Å². The Bertz CT molecular complexity index is 1400. The van der Waals surface area contributed by atoms with Crippen LogP contribution in [-0.2, 0) is 7.05 Å². The van der Waals surface area contributed by atoms with Crippen LogP contribution < -0.4 is 10.6 Å². The molecule has 0 saturated heterocycles. The fourth-order valence-electron chi connectivity index (χ4n) is 3.28. The third-order valence-corrected chi connectivity index (χ3v) is 5.23. The minimum atomic E-state index is -1.65. The van der Waals surface area contributed by atoms with Crippen molar-refractivity contribution in [1.29, 1.82) is 5.26 Å². The summed E-state index contributed by atoms with van der Waals surface area (Å²) in [5, 5.41) is 33.1. The largest absolute Gasteiger partial charge is 0.387 e. The first-order valence-electron chi connectivity index (χ1n) is 10.5. The van der Waals surface area contributed by atoms with Crippen LogP contribution in [0.4, 0.5) is 15.9 Å². The zero-order valence-electron chi connectivity index (χ0n) is 18.8. The molecule has 0 aliphatic carbocycles. The zero-order chi connectivity index (χ0) is 24.5. The van der Waals surface area contributed by atoms with Crippen LogP contribution in [0.25, 0.3) is 16.9 Å². The summed E-state index contributed by atoms with van der Waals surface area (Å²) in [6, 6.07) is 10.8. The molecule has 34 heavy (non-hydrogen) atoms. The lowest BCUT2D eigenvalue weighted by Gasteiger charge is -2.22. The molecular weight excluding hydrogens is 439 g/mol. The number of nitriles is 1. The highest BCUT2D eigenvalue weighted by Gasteiger charge is 2.27. The highest BCUT2D eigenvalue weighted by Crippen LogP contribution is 2.27. The topological polar surface area (TPSA) is 133 Å². The van der Waals surface area contributed by atoms with Gasteiger partial charge in [0.1, 0.15) is 12.2 Å². The molecule has 3 N–H and O–H groups in total. The molecule has 0 saturated carbocycles. The smallest absolute Gasteiger partial charge is 0.255 e. The van der Waals surface area contributed by atoms with Gasteiger partial charge in [0, 0.05) is 25.5 Å². The summed E-state index contributed by atoms with van der Waals surface area (Å²) < 4.78 is 17.4. The van der Waals surface area contributed by atoms with Crippen LogP contribution in [0.15, 0.2) is 48.9 Å². The van der Waals surface area contributed by atoms with Crippen molar-refractivity contribution in [3.8, 4) is 17.5 Å². The van der Waals surface area contributed by atoms with Gasteiger partial charge < -0.3 is 15.7 Å². The first kappa shape index (κ1) is 22.9. The molecule has 4 rings (SSSR count).